The number of hydrogen-bond donors (Lipinski definition) is 3. The van der Waals surface area contributed by atoms with E-state index in [0.29, 0.717) is 22.4 Å². The van der Waals surface area contributed by atoms with Crippen molar-refractivity contribution in [2.24, 2.45) is 0 Å². The molecule has 5 rings (SSSR count). The van der Waals surface area contributed by atoms with Crippen LogP contribution in [0.2, 0.25) is 0 Å². The van der Waals surface area contributed by atoms with Crippen LogP contribution in [0.4, 0.5) is 17.1 Å². The number of nitrogens with zero attached hydrogens (tertiary/aromatic N) is 2. The maximum absolute atomic E-state index is 12.7. The number of imide groups is 1. The van der Waals surface area contributed by atoms with Gasteiger partial charge in [0, 0.05) is 5.56 Å². The Morgan fingerprint density at radius 2 is 1.41 bits per heavy atom. The van der Waals surface area contributed by atoms with E-state index in [1.807, 2.05) is 37.3 Å². The molecule has 3 N–H and O–H groups in total. The first-order valence-electron chi connectivity index (χ1n) is 9.23. The summed E-state index contributed by atoms with van der Waals surface area (Å²) in [5, 5.41) is 12.6. The first-order valence-corrected chi connectivity index (χ1v) is 9.23. The minimum Gasteiger partial charge on any atom is -0.505 e. The highest BCUT2D eigenvalue weighted by Crippen LogP contribution is 2.38. The van der Waals surface area contributed by atoms with Gasteiger partial charge in [-0.25, -0.2) is 0 Å². The summed E-state index contributed by atoms with van der Waals surface area (Å²) >= 11 is 0. The smallest absolute Gasteiger partial charge is 0.261 e. The molecule has 7 heteroatoms. The molecule has 2 aliphatic heterocycles. The molecule has 2 amide bonds. The quantitative estimate of drug-likeness (QED) is 0.596. The predicted molar refractivity (Wildman–Crippen MR) is 110 cm³/mol. The number of anilines is 3. The molecule has 0 bridgehead atoms. The van der Waals surface area contributed by atoms with E-state index in [9.17, 15) is 14.7 Å². The molecule has 0 aliphatic carbocycles. The van der Waals surface area contributed by atoms with E-state index in [1.165, 1.54) is 4.90 Å². The van der Waals surface area contributed by atoms with Crippen molar-refractivity contribution in [1.29, 1.82) is 0 Å². The number of carbonyl (C=O) groups is 2. The summed E-state index contributed by atoms with van der Waals surface area (Å²) in [6.07, 6.45) is 0. The number of hydrogen-bond acceptors (Lipinski definition) is 6. The first-order chi connectivity index (χ1) is 14.0. The Kier molecular flexibility index (Phi) is 3.70. The van der Waals surface area contributed by atoms with Crippen LogP contribution in [0.5, 0.6) is 5.75 Å². The van der Waals surface area contributed by atoms with Crippen molar-refractivity contribution in [3.63, 3.8) is 0 Å². The van der Waals surface area contributed by atoms with Crippen LogP contribution in [-0.4, -0.2) is 21.8 Å². The molecular weight excluding hydrogens is 368 g/mol. The summed E-state index contributed by atoms with van der Waals surface area (Å²) in [6, 6.07) is 18.1. The summed E-state index contributed by atoms with van der Waals surface area (Å²) in [5.41, 5.74) is 10.8. The summed E-state index contributed by atoms with van der Waals surface area (Å²) < 4.78 is 0. The second kappa shape index (κ2) is 6.27. The Hall–Kier alpha value is -4.00. The lowest BCUT2D eigenvalue weighted by Crippen LogP contribution is -2.31. The molecule has 0 fully saturated rings. The Morgan fingerprint density at radius 1 is 0.862 bits per heavy atom. The molecule has 0 aromatic heterocycles. The number of rotatable bonds is 3. The van der Waals surface area contributed by atoms with E-state index >= 15 is 0 Å². The largest absolute Gasteiger partial charge is 0.505 e. The van der Waals surface area contributed by atoms with Crippen LogP contribution >= 0.6 is 0 Å². The van der Waals surface area contributed by atoms with Crippen LogP contribution in [0.3, 0.4) is 0 Å². The zero-order valence-corrected chi connectivity index (χ0v) is 15.6. The summed E-state index contributed by atoms with van der Waals surface area (Å²) in [7, 11) is 0. The van der Waals surface area contributed by atoms with Gasteiger partial charge in [0.15, 0.2) is 0 Å². The monoisotopic (exact) mass is 386 g/mol. The van der Waals surface area contributed by atoms with Gasteiger partial charge in [-0.05, 0) is 42.8 Å². The molecule has 0 unspecified atom stereocenters. The zero-order chi connectivity index (χ0) is 20.1. The van der Waals surface area contributed by atoms with E-state index in [1.54, 1.807) is 35.4 Å². The Morgan fingerprint density at radius 3 is 2.00 bits per heavy atom. The molecular formula is C22H18N4O3. The van der Waals surface area contributed by atoms with Crippen LogP contribution in [0.1, 0.15) is 31.8 Å². The number of fused-ring (bicyclic) bond motifs is 2. The van der Waals surface area contributed by atoms with Gasteiger partial charge in [-0.1, -0.05) is 30.3 Å². The lowest BCUT2D eigenvalue weighted by atomic mass is 10.1. The van der Waals surface area contributed by atoms with Crippen LogP contribution in [0.15, 0.2) is 60.7 Å². The highest BCUT2D eigenvalue weighted by molar-refractivity contribution is 6.21. The number of phenols is 1. The van der Waals surface area contributed by atoms with E-state index in [4.69, 9.17) is 0 Å². The van der Waals surface area contributed by atoms with Crippen LogP contribution in [-0.2, 0) is 6.54 Å². The number of nitrogens with one attached hydrogen (secondary N) is 2. The minimum absolute atomic E-state index is 0.0000350. The van der Waals surface area contributed by atoms with Crippen molar-refractivity contribution in [2.75, 3.05) is 16.0 Å². The average molecular weight is 386 g/mol. The zero-order valence-electron chi connectivity index (χ0n) is 15.6. The van der Waals surface area contributed by atoms with Crippen molar-refractivity contribution in [1.82, 2.24) is 4.90 Å². The number of amides is 2. The van der Waals surface area contributed by atoms with Crippen molar-refractivity contribution >= 4 is 28.9 Å². The Balaban J connectivity index is 1.47. The fourth-order valence-electron chi connectivity index (χ4n) is 3.74. The number of para-hydroxylation sites is 2. The molecule has 2 heterocycles. The number of hydrazine groups is 2. The van der Waals surface area contributed by atoms with Gasteiger partial charge in [-0.3, -0.25) is 25.3 Å². The van der Waals surface area contributed by atoms with Gasteiger partial charge >= 0.3 is 0 Å². The van der Waals surface area contributed by atoms with E-state index in [-0.39, 0.29) is 24.1 Å². The second-order valence-electron chi connectivity index (χ2n) is 7.14. The molecule has 0 saturated heterocycles. The SMILES string of the molecule is Cc1cc(CN2C(=O)c3ccccc3C2=O)c(O)c(N2Nc3ccccc3N2)c1. The molecule has 0 radical (unpaired) electrons. The normalized spacial score (nSPS) is 14.5. The molecule has 2 aliphatic rings. The fraction of sp³-hybridized carbons (Fsp3) is 0.0909. The molecule has 0 atom stereocenters. The van der Waals surface area contributed by atoms with Crippen molar-refractivity contribution < 1.29 is 14.7 Å². The fourth-order valence-corrected chi connectivity index (χ4v) is 3.74. The maximum Gasteiger partial charge on any atom is 0.261 e. The second-order valence-corrected chi connectivity index (χ2v) is 7.14. The summed E-state index contributed by atoms with van der Waals surface area (Å²) in [4.78, 5) is 26.5. The van der Waals surface area contributed by atoms with Crippen LogP contribution in [0.25, 0.3) is 0 Å². The topological polar surface area (TPSA) is 84.9 Å². The number of aromatic hydroxyl groups is 1. The van der Waals surface area contributed by atoms with Crippen LogP contribution < -0.4 is 16.0 Å². The van der Waals surface area contributed by atoms with Gasteiger partial charge in [-0.2, -0.15) is 5.12 Å². The third-order valence-corrected chi connectivity index (χ3v) is 5.15. The molecule has 144 valence electrons. The third kappa shape index (κ3) is 2.67. The maximum atomic E-state index is 12.7. The van der Waals surface area contributed by atoms with E-state index in [0.717, 1.165) is 16.9 Å². The van der Waals surface area contributed by atoms with Crippen LogP contribution in [0, 0.1) is 6.92 Å². The van der Waals surface area contributed by atoms with E-state index in [2.05, 4.69) is 10.9 Å². The number of aryl methyl sites for hydroxylation is 1. The number of phenolic OH excluding ortho intramolecular Hbond substituents is 1. The number of carbonyl (C=O) groups excluding carboxylic acids is 2. The van der Waals surface area contributed by atoms with E-state index < -0.39 is 0 Å². The molecule has 0 saturated carbocycles. The van der Waals surface area contributed by atoms with Gasteiger partial charge in [0.2, 0.25) is 0 Å². The van der Waals surface area contributed by atoms with Gasteiger partial charge in [0.1, 0.15) is 11.4 Å². The standard InChI is InChI=1S/C22H18N4O3/c1-13-10-14(12-25-21(28)15-6-2-3-7-16(15)22(25)29)20(27)19(11-13)26-23-17-8-4-5-9-18(17)24-26/h2-11,23-24,27H,12H2,1H3. The summed E-state index contributed by atoms with van der Waals surface area (Å²) in [5.74, 6) is -0.698. The van der Waals surface area contributed by atoms with Gasteiger partial charge in [0.05, 0.1) is 29.0 Å². The van der Waals surface area contributed by atoms with Crippen molar-refractivity contribution in [3.05, 3.63) is 82.9 Å². The molecule has 3 aromatic carbocycles. The Labute approximate surface area is 167 Å². The molecule has 0 spiro atoms. The Bertz CT molecular complexity index is 1110. The molecule has 29 heavy (non-hydrogen) atoms. The van der Waals surface area contributed by atoms with Crippen molar-refractivity contribution in [3.8, 4) is 5.75 Å². The van der Waals surface area contributed by atoms with Gasteiger partial charge < -0.3 is 5.11 Å². The molecule has 3 aromatic rings. The van der Waals surface area contributed by atoms with Gasteiger partial charge in [0.25, 0.3) is 11.8 Å². The average Bonchev–Trinajstić information content (AvgIpc) is 3.26. The van der Waals surface area contributed by atoms with Crippen molar-refractivity contribution in [2.45, 2.75) is 13.5 Å². The highest BCUT2D eigenvalue weighted by Gasteiger charge is 2.36. The predicted octanol–water partition coefficient (Wildman–Crippen LogP) is 3.67. The summed E-state index contributed by atoms with van der Waals surface area (Å²) in [6.45, 7) is 1.89. The third-order valence-electron chi connectivity index (χ3n) is 5.15. The lowest BCUT2D eigenvalue weighted by Gasteiger charge is -2.23. The number of benzene rings is 3. The van der Waals surface area contributed by atoms with Gasteiger partial charge in [-0.15, -0.1) is 0 Å². The molecule has 7 nitrogen and oxygen atoms in total. The lowest BCUT2D eigenvalue weighted by molar-refractivity contribution is 0.0641. The minimum atomic E-state index is -0.349. The highest BCUT2D eigenvalue weighted by atomic mass is 16.3. The first kappa shape index (κ1) is 17.1.